The van der Waals surface area contributed by atoms with Crippen LogP contribution in [0.25, 0.3) is 0 Å². The van der Waals surface area contributed by atoms with E-state index in [0.717, 1.165) is 12.3 Å². The molecule has 0 N–H and O–H groups in total. The van der Waals surface area contributed by atoms with Gasteiger partial charge in [-0.25, -0.2) is 4.79 Å². The second kappa shape index (κ2) is 3.92. The predicted octanol–water partition coefficient (Wildman–Crippen LogP) is 2.44. The SMILES string of the molecule is CC[P+](C)(CC)C(=O)OC. The summed E-state index contributed by atoms with van der Waals surface area (Å²) in [6.07, 6.45) is 1.91. The quantitative estimate of drug-likeness (QED) is 0.597. The van der Waals surface area contributed by atoms with E-state index in [0.29, 0.717) is 0 Å². The van der Waals surface area contributed by atoms with Gasteiger partial charge in [-0.15, -0.1) is 0 Å². The average Bonchev–Trinajstić information content (AvgIpc) is 2.01. The first-order chi connectivity index (χ1) is 4.60. The van der Waals surface area contributed by atoms with Crippen molar-refractivity contribution in [3.63, 3.8) is 0 Å². The standard InChI is InChI=1S/C7H16O2P/c1-5-10(4,6-2)7(8)9-3/h5-6H2,1-4H3/q+1. The number of hydrogen-bond acceptors (Lipinski definition) is 2. The van der Waals surface area contributed by atoms with Crippen LogP contribution in [0.1, 0.15) is 13.8 Å². The summed E-state index contributed by atoms with van der Waals surface area (Å²) in [4.78, 5) is 11.1. The number of rotatable bonds is 3. The van der Waals surface area contributed by atoms with Gasteiger partial charge in [0, 0.05) is 0 Å². The molecule has 10 heavy (non-hydrogen) atoms. The van der Waals surface area contributed by atoms with Crippen LogP contribution in [0, 0.1) is 0 Å². The maximum atomic E-state index is 11.1. The summed E-state index contributed by atoms with van der Waals surface area (Å²) in [6.45, 7) is 6.14. The van der Waals surface area contributed by atoms with Gasteiger partial charge < -0.3 is 4.74 Å². The predicted molar refractivity (Wildman–Crippen MR) is 46.3 cm³/mol. The molecule has 0 amide bonds. The van der Waals surface area contributed by atoms with Crippen LogP contribution >= 0.6 is 7.26 Å². The third kappa shape index (κ3) is 1.95. The van der Waals surface area contributed by atoms with Crippen LogP contribution in [0.3, 0.4) is 0 Å². The minimum Gasteiger partial charge on any atom is -0.440 e. The maximum Gasteiger partial charge on any atom is 0.450 e. The average molecular weight is 163 g/mol. The first kappa shape index (κ1) is 9.90. The Labute approximate surface area is 63.3 Å². The first-order valence-electron chi connectivity index (χ1n) is 3.53. The molecule has 0 aliphatic carbocycles. The summed E-state index contributed by atoms with van der Waals surface area (Å²) < 4.78 is 4.71. The monoisotopic (exact) mass is 163 g/mol. The maximum absolute atomic E-state index is 11.1. The molecule has 0 heterocycles. The molecule has 0 aliphatic rings. The van der Waals surface area contributed by atoms with Crippen molar-refractivity contribution in [1.29, 1.82) is 0 Å². The topological polar surface area (TPSA) is 26.3 Å². The Morgan fingerprint density at radius 2 is 1.80 bits per heavy atom. The highest BCUT2D eigenvalue weighted by Crippen LogP contribution is 2.55. The first-order valence-corrected chi connectivity index (χ1v) is 6.14. The largest absolute Gasteiger partial charge is 0.450 e. The lowest BCUT2D eigenvalue weighted by atomic mass is 11.0. The van der Waals surface area contributed by atoms with Gasteiger partial charge in [0.15, 0.2) is 0 Å². The van der Waals surface area contributed by atoms with Crippen LogP contribution in [0.4, 0.5) is 4.79 Å². The molecule has 0 saturated carbocycles. The third-order valence-corrected chi connectivity index (χ3v) is 5.87. The molecule has 0 aromatic heterocycles. The number of carbonyl (C=O) groups is 1. The van der Waals surface area contributed by atoms with Crippen LogP contribution < -0.4 is 0 Å². The third-order valence-electron chi connectivity index (χ3n) is 2.01. The van der Waals surface area contributed by atoms with Crippen LogP contribution in [0.15, 0.2) is 0 Å². The van der Waals surface area contributed by atoms with Crippen LogP contribution in [-0.4, -0.2) is 31.8 Å². The lowest BCUT2D eigenvalue weighted by Gasteiger charge is -2.14. The molecular formula is C7H16O2P+. The summed E-state index contributed by atoms with van der Waals surface area (Å²) in [5.41, 5.74) is 0.0116. The van der Waals surface area contributed by atoms with E-state index in [2.05, 4.69) is 0 Å². The number of hydrogen-bond donors (Lipinski definition) is 0. The van der Waals surface area contributed by atoms with Crippen molar-refractivity contribution in [2.24, 2.45) is 0 Å². The zero-order chi connectivity index (χ0) is 8.20. The Balaban J connectivity index is 4.17. The van der Waals surface area contributed by atoms with Gasteiger partial charge in [-0.3, -0.25) is 0 Å². The minimum absolute atomic E-state index is 0.0116. The molecule has 0 saturated heterocycles. The normalized spacial score (nSPS) is 11.2. The van der Waals surface area contributed by atoms with Crippen molar-refractivity contribution in [2.75, 3.05) is 26.1 Å². The summed E-state index contributed by atoms with van der Waals surface area (Å²) in [7, 11) is 0.0809. The van der Waals surface area contributed by atoms with Gasteiger partial charge in [0.2, 0.25) is 0 Å². The van der Waals surface area contributed by atoms with Crippen LogP contribution in [0.2, 0.25) is 0 Å². The lowest BCUT2D eigenvalue weighted by molar-refractivity contribution is 0.198. The second-order valence-electron chi connectivity index (χ2n) is 2.50. The zero-order valence-corrected chi connectivity index (χ0v) is 8.07. The highest BCUT2D eigenvalue weighted by Gasteiger charge is 2.38. The molecule has 0 bridgehead atoms. The molecule has 0 aromatic rings. The lowest BCUT2D eigenvalue weighted by Crippen LogP contribution is -2.09. The van der Waals surface area contributed by atoms with Crippen molar-refractivity contribution < 1.29 is 9.53 Å². The van der Waals surface area contributed by atoms with Gasteiger partial charge in [0.1, 0.15) is 7.26 Å². The van der Waals surface area contributed by atoms with Crippen LogP contribution in [-0.2, 0) is 4.74 Å². The molecular weight excluding hydrogens is 147 g/mol. The Bertz CT molecular complexity index is 119. The van der Waals surface area contributed by atoms with Gasteiger partial charge in [-0.1, -0.05) is 0 Å². The van der Waals surface area contributed by atoms with E-state index in [-0.39, 0.29) is 5.71 Å². The zero-order valence-electron chi connectivity index (χ0n) is 7.18. The van der Waals surface area contributed by atoms with E-state index in [1.165, 1.54) is 7.11 Å². The van der Waals surface area contributed by atoms with E-state index < -0.39 is 7.26 Å². The van der Waals surface area contributed by atoms with Gasteiger partial charge in [-0.05, 0) is 13.8 Å². The van der Waals surface area contributed by atoms with Gasteiger partial charge in [0.25, 0.3) is 0 Å². The Kier molecular flexibility index (Phi) is 3.88. The minimum atomic E-state index is -1.38. The molecule has 0 aromatic carbocycles. The highest BCUT2D eigenvalue weighted by atomic mass is 31.2. The highest BCUT2D eigenvalue weighted by molar-refractivity contribution is 7.89. The van der Waals surface area contributed by atoms with Crippen molar-refractivity contribution in [1.82, 2.24) is 0 Å². The van der Waals surface area contributed by atoms with Crippen molar-refractivity contribution in [3.05, 3.63) is 0 Å². The fraction of sp³-hybridized carbons (Fsp3) is 0.857. The molecule has 0 unspecified atom stereocenters. The van der Waals surface area contributed by atoms with Gasteiger partial charge >= 0.3 is 5.71 Å². The molecule has 0 aliphatic heterocycles. The van der Waals surface area contributed by atoms with E-state index in [1.807, 2.05) is 20.5 Å². The fourth-order valence-corrected chi connectivity index (χ4v) is 2.11. The Morgan fingerprint density at radius 1 is 1.40 bits per heavy atom. The van der Waals surface area contributed by atoms with Crippen molar-refractivity contribution >= 4 is 13.0 Å². The molecule has 3 heteroatoms. The number of ether oxygens (including phenoxy) is 1. The number of carbonyl (C=O) groups excluding carboxylic acids is 1. The molecule has 2 nitrogen and oxygen atoms in total. The molecule has 0 radical (unpaired) electrons. The molecule has 0 fully saturated rings. The van der Waals surface area contributed by atoms with E-state index in [1.54, 1.807) is 0 Å². The summed E-state index contributed by atoms with van der Waals surface area (Å²) in [5, 5.41) is 0. The molecule has 0 rings (SSSR count). The molecule has 0 atom stereocenters. The summed E-state index contributed by atoms with van der Waals surface area (Å²) >= 11 is 0. The van der Waals surface area contributed by atoms with Crippen LogP contribution in [0.5, 0.6) is 0 Å². The number of methoxy groups -OCH3 is 1. The molecule has 0 spiro atoms. The summed E-state index contributed by atoms with van der Waals surface area (Å²) in [5.74, 6) is 0. The summed E-state index contributed by atoms with van der Waals surface area (Å²) in [6, 6.07) is 0. The molecule has 60 valence electrons. The Hall–Kier alpha value is -0.100. The van der Waals surface area contributed by atoms with E-state index in [9.17, 15) is 4.79 Å². The van der Waals surface area contributed by atoms with Gasteiger partial charge in [0.05, 0.1) is 26.1 Å². The van der Waals surface area contributed by atoms with E-state index >= 15 is 0 Å². The Morgan fingerprint density at radius 3 is 1.90 bits per heavy atom. The smallest absolute Gasteiger partial charge is 0.440 e. The second-order valence-corrected chi connectivity index (χ2v) is 6.92. The van der Waals surface area contributed by atoms with E-state index in [4.69, 9.17) is 4.74 Å². The van der Waals surface area contributed by atoms with Crippen molar-refractivity contribution in [3.8, 4) is 0 Å². The fourth-order valence-electron chi connectivity index (χ4n) is 0.702. The van der Waals surface area contributed by atoms with Crippen molar-refractivity contribution in [2.45, 2.75) is 13.8 Å². The van der Waals surface area contributed by atoms with Gasteiger partial charge in [-0.2, -0.15) is 0 Å².